The molecule has 5 heteroatoms. The van der Waals surface area contributed by atoms with E-state index >= 15 is 0 Å². The third-order valence-corrected chi connectivity index (χ3v) is 5.85. The zero-order valence-corrected chi connectivity index (χ0v) is 14.6. The van der Waals surface area contributed by atoms with E-state index in [0.29, 0.717) is 12.0 Å². The van der Waals surface area contributed by atoms with Crippen molar-refractivity contribution in [3.63, 3.8) is 0 Å². The molecule has 1 N–H and O–H groups in total. The maximum Gasteiger partial charge on any atom is 0.231 e. The highest BCUT2D eigenvalue weighted by atomic mass is 32.2. The fourth-order valence-electron chi connectivity index (χ4n) is 3.14. The highest BCUT2D eigenvalue weighted by Gasteiger charge is 2.27. The molecule has 1 aliphatic rings. The second-order valence-corrected chi connectivity index (χ2v) is 7.76. The number of likely N-dealkylation sites (N-methyl/N-ethyl adjacent to an activating group) is 1. The Morgan fingerprint density at radius 1 is 1.24 bits per heavy atom. The van der Waals surface area contributed by atoms with E-state index in [1.807, 2.05) is 18.8 Å². The molecule has 0 bridgehead atoms. The van der Waals surface area contributed by atoms with Gasteiger partial charge in [0.05, 0.1) is 11.7 Å². The lowest BCUT2D eigenvalue weighted by Gasteiger charge is -2.23. The summed E-state index contributed by atoms with van der Waals surface area (Å²) in [6, 6.07) is 0.337. The molecule has 1 saturated carbocycles. The summed E-state index contributed by atoms with van der Waals surface area (Å²) in [6.07, 6.45) is 6.86. The number of nitrogens with zero attached hydrogens (tertiary/aromatic N) is 2. The zero-order valence-electron chi connectivity index (χ0n) is 13.8. The van der Waals surface area contributed by atoms with E-state index in [0.717, 1.165) is 22.7 Å². The maximum atomic E-state index is 5.54. The molecule has 1 fully saturated rings. The molecule has 4 nitrogen and oxygen atoms in total. The van der Waals surface area contributed by atoms with Crippen LogP contribution in [0, 0.1) is 5.92 Å². The van der Waals surface area contributed by atoms with Gasteiger partial charge in [-0.1, -0.05) is 38.3 Å². The average Bonchev–Trinajstić information content (AvgIpc) is 2.94. The van der Waals surface area contributed by atoms with Gasteiger partial charge in [0.15, 0.2) is 5.82 Å². The minimum Gasteiger partial charge on any atom is -0.339 e. The van der Waals surface area contributed by atoms with Gasteiger partial charge in [0.2, 0.25) is 5.89 Å². The Hall–Kier alpha value is -0.550. The number of aromatic nitrogens is 2. The fraction of sp³-hybridized carbons (Fsp3) is 0.875. The summed E-state index contributed by atoms with van der Waals surface area (Å²) < 4.78 is 5.54. The molecule has 1 aromatic rings. The topological polar surface area (TPSA) is 51.0 Å². The van der Waals surface area contributed by atoms with Crippen molar-refractivity contribution in [1.29, 1.82) is 0 Å². The number of hydrogen-bond donors (Lipinski definition) is 1. The zero-order chi connectivity index (χ0) is 15.2. The van der Waals surface area contributed by atoms with Gasteiger partial charge in [-0.25, -0.2) is 0 Å². The normalized spacial score (nSPS) is 19.9. The molecule has 0 aliphatic heterocycles. The Morgan fingerprint density at radius 3 is 2.57 bits per heavy atom. The van der Waals surface area contributed by atoms with Crippen molar-refractivity contribution in [2.24, 2.45) is 5.92 Å². The molecule has 1 aliphatic carbocycles. The summed E-state index contributed by atoms with van der Waals surface area (Å²) in [5, 5.41) is 8.28. The van der Waals surface area contributed by atoms with Crippen LogP contribution in [0.4, 0.5) is 0 Å². The van der Waals surface area contributed by atoms with E-state index < -0.39 is 0 Å². The summed E-state index contributed by atoms with van der Waals surface area (Å²) in [5.74, 6) is 3.27. The number of rotatable bonds is 7. The molecular weight excluding hydrogens is 282 g/mol. The van der Waals surface area contributed by atoms with Crippen LogP contribution in [0.5, 0.6) is 0 Å². The minimum atomic E-state index is 0.274. The maximum absolute atomic E-state index is 5.54. The second-order valence-electron chi connectivity index (χ2n) is 6.47. The lowest BCUT2D eigenvalue weighted by atomic mass is 9.89. The first-order chi connectivity index (χ1) is 10.1. The minimum absolute atomic E-state index is 0.274. The molecule has 120 valence electrons. The molecule has 2 atom stereocenters. The van der Waals surface area contributed by atoms with Crippen LogP contribution in [-0.2, 0) is 5.75 Å². The standard InChI is InChI=1S/C16H29N3OS/c1-11(2)15(12(3)17-4)16-18-14(19-20-16)10-21-13-8-6-5-7-9-13/h11-13,15,17H,5-10H2,1-4H3. The first-order valence-electron chi connectivity index (χ1n) is 8.23. The molecule has 0 aromatic carbocycles. The number of hydrogen-bond acceptors (Lipinski definition) is 5. The molecular formula is C16H29N3OS. The van der Waals surface area contributed by atoms with Crippen molar-refractivity contribution >= 4 is 11.8 Å². The molecule has 2 unspecified atom stereocenters. The summed E-state index contributed by atoms with van der Waals surface area (Å²) in [4.78, 5) is 4.65. The van der Waals surface area contributed by atoms with E-state index in [-0.39, 0.29) is 5.92 Å². The monoisotopic (exact) mass is 311 g/mol. The van der Waals surface area contributed by atoms with Crippen LogP contribution >= 0.6 is 11.8 Å². The predicted molar refractivity (Wildman–Crippen MR) is 88.6 cm³/mol. The van der Waals surface area contributed by atoms with Crippen LogP contribution < -0.4 is 5.32 Å². The highest BCUT2D eigenvalue weighted by molar-refractivity contribution is 7.99. The van der Waals surface area contributed by atoms with Crippen LogP contribution in [-0.4, -0.2) is 28.5 Å². The van der Waals surface area contributed by atoms with Crippen molar-refractivity contribution in [3.05, 3.63) is 11.7 Å². The lowest BCUT2D eigenvalue weighted by Crippen LogP contribution is -2.32. The Kier molecular flexibility index (Phi) is 6.55. The van der Waals surface area contributed by atoms with E-state index in [2.05, 4.69) is 36.2 Å². The third kappa shape index (κ3) is 4.71. The smallest absolute Gasteiger partial charge is 0.231 e. The summed E-state index contributed by atoms with van der Waals surface area (Å²) in [6.45, 7) is 6.59. The van der Waals surface area contributed by atoms with Crippen LogP contribution in [0.2, 0.25) is 0 Å². The Morgan fingerprint density at radius 2 is 1.95 bits per heavy atom. The summed E-state index contributed by atoms with van der Waals surface area (Å²) in [5.41, 5.74) is 0. The fourth-order valence-corrected chi connectivity index (χ4v) is 4.31. The van der Waals surface area contributed by atoms with Crippen LogP contribution in [0.15, 0.2) is 4.52 Å². The Labute approximate surface area is 132 Å². The van der Waals surface area contributed by atoms with Gasteiger partial charge < -0.3 is 9.84 Å². The molecule has 0 amide bonds. The van der Waals surface area contributed by atoms with Gasteiger partial charge in [-0.3, -0.25) is 0 Å². The number of thioether (sulfide) groups is 1. The van der Waals surface area contributed by atoms with Gasteiger partial charge in [-0.05, 0) is 32.7 Å². The van der Waals surface area contributed by atoms with Crippen molar-refractivity contribution in [3.8, 4) is 0 Å². The predicted octanol–water partition coefficient (Wildman–Crippen LogP) is 3.98. The molecule has 0 spiro atoms. The average molecular weight is 311 g/mol. The van der Waals surface area contributed by atoms with E-state index in [9.17, 15) is 0 Å². The van der Waals surface area contributed by atoms with Gasteiger partial charge >= 0.3 is 0 Å². The van der Waals surface area contributed by atoms with Crippen LogP contribution in [0.1, 0.15) is 70.5 Å². The van der Waals surface area contributed by atoms with Crippen LogP contribution in [0.3, 0.4) is 0 Å². The second kappa shape index (κ2) is 8.18. The SMILES string of the molecule is CNC(C)C(c1nc(CSC2CCCCC2)no1)C(C)C. The first-order valence-corrected chi connectivity index (χ1v) is 9.28. The van der Waals surface area contributed by atoms with Gasteiger partial charge in [-0.15, -0.1) is 0 Å². The van der Waals surface area contributed by atoms with Crippen molar-refractivity contribution in [2.45, 2.75) is 75.8 Å². The highest BCUT2D eigenvalue weighted by Crippen LogP contribution is 2.31. The van der Waals surface area contributed by atoms with Gasteiger partial charge in [-0.2, -0.15) is 16.7 Å². The summed E-state index contributed by atoms with van der Waals surface area (Å²) >= 11 is 2.00. The molecule has 2 rings (SSSR count). The molecule has 0 saturated heterocycles. The van der Waals surface area contributed by atoms with E-state index in [1.165, 1.54) is 32.1 Å². The molecule has 0 radical (unpaired) electrons. The van der Waals surface area contributed by atoms with Gasteiger partial charge in [0, 0.05) is 11.3 Å². The third-order valence-electron chi connectivity index (χ3n) is 4.48. The molecule has 21 heavy (non-hydrogen) atoms. The van der Waals surface area contributed by atoms with Crippen molar-refractivity contribution in [2.75, 3.05) is 7.05 Å². The van der Waals surface area contributed by atoms with E-state index in [4.69, 9.17) is 4.52 Å². The van der Waals surface area contributed by atoms with Crippen LogP contribution in [0.25, 0.3) is 0 Å². The van der Waals surface area contributed by atoms with E-state index in [1.54, 1.807) is 0 Å². The Balaban J connectivity index is 1.92. The molecule has 1 aromatic heterocycles. The quantitative estimate of drug-likeness (QED) is 0.825. The summed E-state index contributed by atoms with van der Waals surface area (Å²) in [7, 11) is 1.98. The first kappa shape index (κ1) is 16.8. The Bertz CT molecular complexity index is 415. The molecule has 1 heterocycles. The lowest BCUT2D eigenvalue weighted by molar-refractivity contribution is 0.285. The number of nitrogens with one attached hydrogen (secondary N) is 1. The van der Waals surface area contributed by atoms with Crippen molar-refractivity contribution in [1.82, 2.24) is 15.5 Å². The van der Waals surface area contributed by atoms with Gasteiger partial charge in [0.25, 0.3) is 0 Å². The largest absolute Gasteiger partial charge is 0.339 e. The van der Waals surface area contributed by atoms with Gasteiger partial charge in [0.1, 0.15) is 0 Å². The van der Waals surface area contributed by atoms with Crippen molar-refractivity contribution < 1.29 is 4.52 Å².